The van der Waals surface area contributed by atoms with E-state index in [2.05, 4.69) is 31.3 Å². The van der Waals surface area contributed by atoms with Gasteiger partial charge in [-0.05, 0) is 25.3 Å². The molecule has 1 atom stereocenters. The minimum Gasteiger partial charge on any atom is -0.283 e. The largest absolute Gasteiger partial charge is 0.283 e. The first-order chi connectivity index (χ1) is 7.25. The SMILES string of the molecule is CC.CCCCCC1=C(C)NN=CC1C. The van der Waals surface area contributed by atoms with Crippen LogP contribution in [0.4, 0.5) is 0 Å². The van der Waals surface area contributed by atoms with Crippen LogP contribution in [0.3, 0.4) is 0 Å². The smallest absolute Gasteiger partial charge is 0.0316 e. The lowest BCUT2D eigenvalue weighted by molar-refractivity contribution is 0.655. The van der Waals surface area contributed by atoms with Gasteiger partial charge in [-0.3, -0.25) is 5.43 Å². The van der Waals surface area contributed by atoms with Crippen molar-refractivity contribution in [2.75, 3.05) is 0 Å². The molecule has 1 aliphatic rings. The Bertz CT molecular complexity index is 217. The summed E-state index contributed by atoms with van der Waals surface area (Å²) in [5.74, 6) is 0.526. The first-order valence-electron chi connectivity index (χ1n) is 6.24. The molecule has 0 aromatic rings. The number of nitrogens with zero attached hydrogens (tertiary/aromatic N) is 1. The lowest BCUT2D eigenvalue weighted by Gasteiger charge is -2.19. The summed E-state index contributed by atoms with van der Waals surface area (Å²) in [6.45, 7) is 10.6. The molecular weight excluding hydrogens is 184 g/mol. The van der Waals surface area contributed by atoms with Gasteiger partial charge in [0.25, 0.3) is 0 Å². The number of rotatable bonds is 4. The monoisotopic (exact) mass is 210 g/mol. The Labute approximate surface area is 94.8 Å². The van der Waals surface area contributed by atoms with E-state index in [4.69, 9.17) is 0 Å². The van der Waals surface area contributed by atoms with Gasteiger partial charge < -0.3 is 0 Å². The fourth-order valence-corrected chi connectivity index (χ4v) is 1.73. The average Bonchev–Trinajstić information content (AvgIpc) is 2.25. The van der Waals surface area contributed by atoms with Crippen molar-refractivity contribution in [3.8, 4) is 0 Å². The first kappa shape index (κ1) is 14.2. The van der Waals surface area contributed by atoms with Crippen molar-refractivity contribution in [3.63, 3.8) is 0 Å². The van der Waals surface area contributed by atoms with Gasteiger partial charge in [0.2, 0.25) is 0 Å². The number of unbranched alkanes of at least 4 members (excludes halogenated alkanes) is 2. The van der Waals surface area contributed by atoms with E-state index in [0.717, 1.165) is 0 Å². The highest BCUT2D eigenvalue weighted by Crippen LogP contribution is 2.21. The van der Waals surface area contributed by atoms with Crippen LogP contribution in [0.15, 0.2) is 16.4 Å². The molecule has 0 saturated heterocycles. The fraction of sp³-hybridized carbons (Fsp3) is 0.769. The predicted octanol–water partition coefficient (Wildman–Crippen LogP) is 4.09. The summed E-state index contributed by atoms with van der Waals surface area (Å²) in [6, 6.07) is 0. The molecule has 1 rings (SSSR count). The van der Waals surface area contributed by atoms with E-state index >= 15 is 0 Å². The molecule has 1 unspecified atom stereocenters. The second-order valence-electron chi connectivity index (χ2n) is 3.79. The molecule has 0 radical (unpaired) electrons. The molecule has 0 aromatic heterocycles. The summed E-state index contributed by atoms with van der Waals surface area (Å²) in [6.07, 6.45) is 7.15. The zero-order chi connectivity index (χ0) is 11.7. The highest BCUT2D eigenvalue weighted by atomic mass is 15.3. The molecule has 15 heavy (non-hydrogen) atoms. The van der Waals surface area contributed by atoms with Crippen molar-refractivity contribution in [1.82, 2.24) is 5.43 Å². The second kappa shape index (κ2) is 8.51. The standard InChI is InChI=1S/C11H20N2.C2H6/c1-4-5-6-7-11-9(2)8-12-13-10(11)3;1-2/h8-9,13H,4-7H2,1-3H3;1-2H3. The third kappa shape index (κ3) is 5.01. The fourth-order valence-electron chi connectivity index (χ4n) is 1.73. The molecule has 0 spiro atoms. The number of hydrogen-bond donors (Lipinski definition) is 1. The highest BCUT2D eigenvalue weighted by molar-refractivity contribution is 5.66. The van der Waals surface area contributed by atoms with Gasteiger partial charge in [-0.1, -0.05) is 40.5 Å². The number of hydrogen-bond acceptors (Lipinski definition) is 2. The van der Waals surface area contributed by atoms with Crippen molar-refractivity contribution in [2.24, 2.45) is 11.0 Å². The van der Waals surface area contributed by atoms with E-state index in [-0.39, 0.29) is 0 Å². The topological polar surface area (TPSA) is 24.4 Å². The van der Waals surface area contributed by atoms with Gasteiger partial charge in [-0.2, -0.15) is 5.10 Å². The van der Waals surface area contributed by atoms with Gasteiger partial charge in [-0.25, -0.2) is 0 Å². The maximum absolute atomic E-state index is 4.08. The van der Waals surface area contributed by atoms with Crippen LogP contribution < -0.4 is 5.43 Å². The van der Waals surface area contributed by atoms with Gasteiger partial charge in [-0.15, -0.1) is 0 Å². The molecule has 2 nitrogen and oxygen atoms in total. The summed E-state index contributed by atoms with van der Waals surface area (Å²) in [4.78, 5) is 0. The molecule has 0 aliphatic carbocycles. The summed E-state index contributed by atoms with van der Waals surface area (Å²) in [7, 11) is 0. The third-order valence-electron chi connectivity index (χ3n) is 2.61. The normalized spacial score (nSPS) is 19.4. The van der Waals surface area contributed by atoms with E-state index in [1.165, 1.54) is 37.0 Å². The van der Waals surface area contributed by atoms with Crippen LogP contribution in [-0.4, -0.2) is 6.21 Å². The Morgan fingerprint density at radius 1 is 1.33 bits per heavy atom. The van der Waals surface area contributed by atoms with E-state index < -0.39 is 0 Å². The minimum absolute atomic E-state index is 0.526. The van der Waals surface area contributed by atoms with Crippen LogP contribution >= 0.6 is 0 Å². The van der Waals surface area contributed by atoms with Crippen molar-refractivity contribution in [2.45, 2.75) is 60.3 Å². The van der Waals surface area contributed by atoms with E-state index in [0.29, 0.717) is 5.92 Å². The van der Waals surface area contributed by atoms with Gasteiger partial charge in [0.15, 0.2) is 0 Å². The second-order valence-corrected chi connectivity index (χ2v) is 3.79. The molecule has 88 valence electrons. The molecule has 1 aliphatic heterocycles. The van der Waals surface area contributed by atoms with E-state index in [1.54, 1.807) is 0 Å². The Hall–Kier alpha value is -0.790. The minimum atomic E-state index is 0.526. The summed E-state index contributed by atoms with van der Waals surface area (Å²) >= 11 is 0. The Morgan fingerprint density at radius 2 is 2.00 bits per heavy atom. The van der Waals surface area contributed by atoms with Crippen LogP contribution in [-0.2, 0) is 0 Å². The van der Waals surface area contributed by atoms with Crippen molar-refractivity contribution in [1.29, 1.82) is 0 Å². The zero-order valence-corrected chi connectivity index (χ0v) is 10.9. The number of allylic oxidation sites excluding steroid dienone is 2. The van der Waals surface area contributed by atoms with Crippen LogP contribution in [0.5, 0.6) is 0 Å². The van der Waals surface area contributed by atoms with Crippen LogP contribution in [0.2, 0.25) is 0 Å². The Kier molecular flexibility index (Phi) is 8.06. The first-order valence-corrected chi connectivity index (χ1v) is 6.24. The van der Waals surface area contributed by atoms with E-state index in [1.807, 2.05) is 20.1 Å². The summed E-state index contributed by atoms with van der Waals surface area (Å²) in [5.41, 5.74) is 5.83. The predicted molar refractivity (Wildman–Crippen MR) is 69.0 cm³/mol. The van der Waals surface area contributed by atoms with Crippen LogP contribution in [0, 0.1) is 5.92 Å². The molecule has 1 heterocycles. The van der Waals surface area contributed by atoms with Crippen molar-refractivity contribution < 1.29 is 0 Å². The van der Waals surface area contributed by atoms with Gasteiger partial charge >= 0.3 is 0 Å². The molecule has 2 heteroatoms. The van der Waals surface area contributed by atoms with E-state index in [9.17, 15) is 0 Å². The molecular formula is C13H26N2. The Morgan fingerprint density at radius 3 is 2.53 bits per heavy atom. The van der Waals surface area contributed by atoms with Crippen LogP contribution in [0.25, 0.3) is 0 Å². The lowest BCUT2D eigenvalue weighted by atomic mass is 9.94. The maximum atomic E-state index is 4.08. The summed E-state index contributed by atoms with van der Waals surface area (Å²) in [5, 5.41) is 4.08. The molecule has 0 fully saturated rings. The number of hydrazone groups is 1. The van der Waals surface area contributed by atoms with Gasteiger partial charge in [0.1, 0.15) is 0 Å². The molecule has 0 bridgehead atoms. The van der Waals surface area contributed by atoms with Crippen molar-refractivity contribution >= 4 is 6.21 Å². The molecule has 1 N–H and O–H groups in total. The number of nitrogens with one attached hydrogen (secondary N) is 1. The lowest BCUT2D eigenvalue weighted by Crippen LogP contribution is -2.18. The third-order valence-corrected chi connectivity index (χ3v) is 2.61. The quantitative estimate of drug-likeness (QED) is 0.694. The molecule has 0 saturated carbocycles. The Balaban J connectivity index is 0.000000921. The highest BCUT2D eigenvalue weighted by Gasteiger charge is 2.12. The molecule has 0 aromatic carbocycles. The van der Waals surface area contributed by atoms with Crippen molar-refractivity contribution in [3.05, 3.63) is 11.3 Å². The maximum Gasteiger partial charge on any atom is 0.0316 e. The van der Waals surface area contributed by atoms with Gasteiger partial charge in [0, 0.05) is 17.8 Å². The van der Waals surface area contributed by atoms with Gasteiger partial charge in [0.05, 0.1) is 0 Å². The molecule has 0 amide bonds. The van der Waals surface area contributed by atoms with Crippen LogP contribution in [0.1, 0.15) is 60.3 Å². The zero-order valence-electron chi connectivity index (χ0n) is 10.9. The summed E-state index contributed by atoms with van der Waals surface area (Å²) < 4.78 is 0. The average molecular weight is 210 g/mol.